The van der Waals surface area contributed by atoms with Gasteiger partial charge in [0.05, 0.1) is 9.79 Å². The molecule has 0 unspecified atom stereocenters. The fourth-order valence-electron chi connectivity index (χ4n) is 2.44. The van der Waals surface area contributed by atoms with E-state index in [0.717, 1.165) is 17.1 Å². The zero-order chi connectivity index (χ0) is 18.9. The van der Waals surface area contributed by atoms with Crippen LogP contribution in [0.15, 0.2) is 58.3 Å². The van der Waals surface area contributed by atoms with Gasteiger partial charge in [0.1, 0.15) is 5.82 Å². The van der Waals surface area contributed by atoms with Gasteiger partial charge in [0.15, 0.2) is 0 Å². The van der Waals surface area contributed by atoms with Gasteiger partial charge < -0.3 is 0 Å². The lowest BCUT2D eigenvalue weighted by Crippen LogP contribution is -2.27. The van der Waals surface area contributed by atoms with Crippen LogP contribution in [-0.4, -0.2) is 34.2 Å². The molecule has 1 aliphatic carbocycles. The van der Waals surface area contributed by atoms with Gasteiger partial charge in [0, 0.05) is 19.6 Å². The minimum Gasteiger partial charge on any atom is -0.208 e. The zero-order valence-electron chi connectivity index (χ0n) is 14.1. The lowest BCUT2D eigenvalue weighted by Gasteiger charge is -2.17. The first-order valence-electron chi connectivity index (χ1n) is 8.02. The van der Waals surface area contributed by atoms with Gasteiger partial charge in [-0.1, -0.05) is 12.1 Å². The molecular weight excluding hydrogens is 379 g/mol. The van der Waals surface area contributed by atoms with Crippen LogP contribution < -0.4 is 4.72 Å². The first kappa shape index (κ1) is 19.0. The van der Waals surface area contributed by atoms with E-state index in [0.29, 0.717) is 5.56 Å². The maximum Gasteiger partial charge on any atom is 0.243 e. The van der Waals surface area contributed by atoms with Gasteiger partial charge in [0.25, 0.3) is 0 Å². The Morgan fingerprint density at radius 2 is 1.65 bits per heavy atom. The standard InChI is InChI=1S/C17H19FN2O4S2/c1-20(12-13-3-2-4-14(18)11-13)26(23,24)17-9-7-16(8-10-17)25(21,22)19-15-5-6-15/h2-4,7-11,15,19H,5-6,12H2,1H3. The molecule has 9 heteroatoms. The minimum absolute atomic E-state index is 0.00335. The Bertz CT molecular complexity index is 1000. The number of halogens is 1. The van der Waals surface area contributed by atoms with Crippen LogP contribution in [0.5, 0.6) is 0 Å². The third kappa shape index (κ3) is 4.29. The van der Waals surface area contributed by atoms with E-state index in [1.165, 1.54) is 49.5 Å². The summed E-state index contributed by atoms with van der Waals surface area (Å²) < 4.78 is 66.5. The number of benzene rings is 2. The number of nitrogens with zero attached hydrogens (tertiary/aromatic N) is 1. The number of hydrogen-bond acceptors (Lipinski definition) is 4. The van der Waals surface area contributed by atoms with Crippen LogP contribution in [0.2, 0.25) is 0 Å². The summed E-state index contributed by atoms with van der Waals surface area (Å²) in [5, 5.41) is 0. The molecule has 0 bridgehead atoms. The number of sulfonamides is 2. The summed E-state index contributed by atoms with van der Waals surface area (Å²) in [4.78, 5) is -0.00194. The Hall–Kier alpha value is -1.81. The molecule has 26 heavy (non-hydrogen) atoms. The van der Waals surface area contributed by atoms with Crippen molar-refractivity contribution in [1.29, 1.82) is 0 Å². The summed E-state index contributed by atoms with van der Waals surface area (Å²) in [6, 6.07) is 10.7. The van der Waals surface area contributed by atoms with Crippen LogP contribution in [0, 0.1) is 5.82 Å². The quantitative estimate of drug-likeness (QED) is 0.774. The van der Waals surface area contributed by atoms with E-state index < -0.39 is 25.9 Å². The van der Waals surface area contributed by atoms with Gasteiger partial charge in [-0.3, -0.25) is 0 Å². The second-order valence-electron chi connectivity index (χ2n) is 6.26. The number of nitrogens with one attached hydrogen (secondary N) is 1. The second-order valence-corrected chi connectivity index (χ2v) is 10.0. The molecule has 140 valence electrons. The van der Waals surface area contributed by atoms with Crippen molar-refractivity contribution in [3.63, 3.8) is 0 Å². The lowest BCUT2D eigenvalue weighted by molar-refractivity contribution is 0.465. The Kier molecular flexibility index (Phi) is 5.16. The highest BCUT2D eigenvalue weighted by Crippen LogP contribution is 2.23. The Morgan fingerprint density at radius 3 is 2.23 bits per heavy atom. The summed E-state index contributed by atoms with van der Waals surface area (Å²) in [5.41, 5.74) is 0.518. The van der Waals surface area contributed by atoms with E-state index in [4.69, 9.17) is 0 Å². The summed E-state index contributed by atoms with van der Waals surface area (Å²) in [6.45, 7) is 0.00335. The molecule has 6 nitrogen and oxygen atoms in total. The third-order valence-corrected chi connectivity index (χ3v) is 7.39. The lowest BCUT2D eigenvalue weighted by atomic mass is 10.2. The largest absolute Gasteiger partial charge is 0.243 e. The minimum atomic E-state index is -3.83. The average molecular weight is 398 g/mol. The van der Waals surface area contributed by atoms with Crippen LogP contribution >= 0.6 is 0 Å². The molecule has 0 spiro atoms. The summed E-state index contributed by atoms with van der Waals surface area (Å²) in [5.74, 6) is -0.439. The molecule has 0 amide bonds. The van der Waals surface area contributed by atoms with Crippen LogP contribution in [0.3, 0.4) is 0 Å². The smallest absolute Gasteiger partial charge is 0.208 e. The van der Waals surface area contributed by atoms with E-state index in [9.17, 15) is 21.2 Å². The zero-order valence-corrected chi connectivity index (χ0v) is 15.7. The predicted molar refractivity (Wildman–Crippen MR) is 94.8 cm³/mol. The van der Waals surface area contributed by atoms with Crippen molar-refractivity contribution in [3.8, 4) is 0 Å². The van der Waals surface area contributed by atoms with Crippen molar-refractivity contribution in [2.24, 2.45) is 0 Å². The Labute approximate surface area is 152 Å². The normalized spacial score (nSPS) is 15.3. The SMILES string of the molecule is CN(Cc1cccc(F)c1)S(=O)(=O)c1ccc(S(=O)(=O)NC2CC2)cc1. The van der Waals surface area contributed by atoms with Crippen molar-refractivity contribution in [2.45, 2.75) is 35.2 Å². The van der Waals surface area contributed by atoms with Crippen molar-refractivity contribution in [2.75, 3.05) is 7.05 Å². The van der Waals surface area contributed by atoms with Gasteiger partial charge in [-0.2, -0.15) is 4.31 Å². The van der Waals surface area contributed by atoms with Crippen LogP contribution in [0.25, 0.3) is 0 Å². The molecule has 0 atom stereocenters. The van der Waals surface area contributed by atoms with Crippen molar-refractivity contribution in [1.82, 2.24) is 9.03 Å². The molecule has 0 aliphatic heterocycles. The monoisotopic (exact) mass is 398 g/mol. The van der Waals surface area contributed by atoms with E-state index in [1.807, 2.05) is 0 Å². The van der Waals surface area contributed by atoms with E-state index in [1.54, 1.807) is 6.07 Å². The number of rotatable bonds is 7. The molecule has 1 saturated carbocycles. The van der Waals surface area contributed by atoms with Gasteiger partial charge in [-0.05, 0) is 54.8 Å². The Balaban J connectivity index is 1.78. The van der Waals surface area contributed by atoms with Gasteiger partial charge in [0.2, 0.25) is 20.0 Å². The van der Waals surface area contributed by atoms with Crippen molar-refractivity contribution in [3.05, 3.63) is 59.9 Å². The van der Waals surface area contributed by atoms with E-state index in [-0.39, 0.29) is 22.4 Å². The molecule has 1 N–H and O–H groups in total. The summed E-state index contributed by atoms with van der Waals surface area (Å²) >= 11 is 0. The highest BCUT2D eigenvalue weighted by atomic mass is 32.2. The molecule has 2 aromatic carbocycles. The fraction of sp³-hybridized carbons (Fsp3) is 0.294. The van der Waals surface area contributed by atoms with Gasteiger partial charge in [-0.25, -0.2) is 25.9 Å². The molecule has 2 aromatic rings. The van der Waals surface area contributed by atoms with Crippen LogP contribution in [0.1, 0.15) is 18.4 Å². The summed E-state index contributed by atoms with van der Waals surface area (Å²) in [6.07, 6.45) is 1.63. The van der Waals surface area contributed by atoms with Gasteiger partial charge >= 0.3 is 0 Å². The Morgan fingerprint density at radius 1 is 1.04 bits per heavy atom. The maximum atomic E-state index is 13.3. The molecule has 0 heterocycles. The third-order valence-electron chi connectivity index (χ3n) is 4.04. The first-order valence-corrected chi connectivity index (χ1v) is 10.9. The van der Waals surface area contributed by atoms with E-state index in [2.05, 4.69) is 4.72 Å². The fourth-order valence-corrected chi connectivity index (χ4v) is 4.90. The van der Waals surface area contributed by atoms with Crippen molar-refractivity contribution >= 4 is 20.0 Å². The highest BCUT2D eigenvalue weighted by Gasteiger charge is 2.28. The molecule has 0 saturated heterocycles. The molecule has 3 rings (SSSR count). The first-order chi connectivity index (χ1) is 12.2. The topological polar surface area (TPSA) is 83.6 Å². The average Bonchev–Trinajstić information content (AvgIpc) is 3.38. The molecule has 0 aromatic heterocycles. The molecule has 1 fully saturated rings. The predicted octanol–water partition coefficient (Wildman–Crippen LogP) is 2.09. The van der Waals surface area contributed by atoms with E-state index >= 15 is 0 Å². The van der Waals surface area contributed by atoms with Crippen LogP contribution in [0.4, 0.5) is 4.39 Å². The molecule has 1 aliphatic rings. The van der Waals surface area contributed by atoms with Crippen LogP contribution in [-0.2, 0) is 26.6 Å². The maximum absolute atomic E-state index is 13.3. The number of hydrogen-bond donors (Lipinski definition) is 1. The van der Waals surface area contributed by atoms with Gasteiger partial charge in [-0.15, -0.1) is 0 Å². The second kappa shape index (κ2) is 7.07. The molecule has 0 radical (unpaired) electrons. The highest BCUT2D eigenvalue weighted by molar-refractivity contribution is 7.89. The molecular formula is C17H19FN2O4S2. The summed E-state index contributed by atoms with van der Waals surface area (Å²) in [7, 11) is -6.07. The van der Waals surface area contributed by atoms with Crippen molar-refractivity contribution < 1.29 is 21.2 Å².